The number of carbonyl (C=O) groups is 2. The van der Waals surface area contributed by atoms with E-state index in [1.807, 2.05) is 34.6 Å². The number of nitrogens with zero attached hydrogens (tertiary/aromatic N) is 1. The highest BCUT2D eigenvalue weighted by Crippen LogP contribution is 2.25. The minimum atomic E-state index is -0.466. The summed E-state index contributed by atoms with van der Waals surface area (Å²) in [7, 11) is 1.62. The third-order valence-corrected chi connectivity index (χ3v) is 3.52. The Balaban J connectivity index is 2.99. The van der Waals surface area contributed by atoms with Gasteiger partial charge in [-0.2, -0.15) is 0 Å². The van der Waals surface area contributed by atoms with Crippen molar-refractivity contribution in [2.45, 2.75) is 46.7 Å². The fourth-order valence-corrected chi connectivity index (χ4v) is 2.35. The molecule has 1 heterocycles. The topological polar surface area (TPSA) is 58.6 Å². The Morgan fingerprint density at radius 1 is 1.37 bits per heavy atom. The van der Waals surface area contributed by atoms with E-state index in [9.17, 15) is 9.59 Å². The summed E-state index contributed by atoms with van der Waals surface area (Å²) in [5.41, 5.74) is -0.292. The predicted octanol–water partition coefficient (Wildman–Crippen LogP) is 1.03. The smallest absolute Gasteiger partial charge is 0.246 e. The van der Waals surface area contributed by atoms with Crippen LogP contribution in [-0.4, -0.2) is 49.1 Å². The maximum absolute atomic E-state index is 12.6. The van der Waals surface area contributed by atoms with Crippen molar-refractivity contribution in [3.05, 3.63) is 0 Å². The zero-order chi connectivity index (χ0) is 14.8. The van der Waals surface area contributed by atoms with Crippen LogP contribution in [0.4, 0.5) is 0 Å². The average molecular weight is 270 g/mol. The number of piperazine rings is 1. The molecule has 2 atom stereocenters. The molecule has 1 aliphatic rings. The van der Waals surface area contributed by atoms with Gasteiger partial charge >= 0.3 is 0 Å². The van der Waals surface area contributed by atoms with Crippen molar-refractivity contribution in [3.63, 3.8) is 0 Å². The Bertz CT molecular complexity index is 347. The van der Waals surface area contributed by atoms with E-state index in [0.717, 1.165) is 0 Å². The Labute approximate surface area is 115 Å². The van der Waals surface area contributed by atoms with Crippen molar-refractivity contribution in [2.24, 2.45) is 11.3 Å². The highest BCUT2D eigenvalue weighted by molar-refractivity contribution is 5.95. The van der Waals surface area contributed by atoms with Crippen LogP contribution in [0, 0.1) is 11.3 Å². The van der Waals surface area contributed by atoms with E-state index in [2.05, 4.69) is 5.32 Å². The van der Waals surface area contributed by atoms with Crippen LogP contribution >= 0.6 is 0 Å². The highest BCUT2D eigenvalue weighted by atomic mass is 16.5. The van der Waals surface area contributed by atoms with Gasteiger partial charge < -0.3 is 15.0 Å². The molecule has 0 spiro atoms. The van der Waals surface area contributed by atoms with Gasteiger partial charge in [0.15, 0.2) is 0 Å². The van der Waals surface area contributed by atoms with Gasteiger partial charge in [-0.3, -0.25) is 9.59 Å². The first kappa shape index (κ1) is 16.0. The van der Waals surface area contributed by atoms with Crippen molar-refractivity contribution in [1.82, 2.24) is 10.2 Å². The number of ether oxygens (including phenoxy) is 1. The summed E-state index contributed by atoms with van der Waals surface area (Å²) in [6.45, 7) is 10.5. The van der Waals surface area contributed by atoms with Crippen molar-refractivity contribution in [2.75, 3.05) is 20.3 Å². The van der Waals surface area contributed by atoms with Crippen LogP contribution in [0.1, 0.15) is 34.6 Å². The minimum absolute atomic E-state index is 0.0112. The van der Waals surface area contributed by atoms with Crippen LogP contribution in [0.15, 0.2) is 0 Å². The number of hydrogen-bond donors (Lipinski definition) is 1. The fourth-order valence-electron chi connectivity index (χ4n) is 2.35. The van der Waals surface area contributed by atoms with Gasteiger partial charge in [0.1, 0.15) is 6.04 Å². The van der Waals surface area contributed by atoms with Crippen LogP contribution in [0.3, 0.4) is 0 Å². The third-order valence-electron chi connectivity index (χ3n) is 3.52. The van der Waals surface area contributed by atoms with Crippen LogP contribution in [-0.2, 0) is 14.3 Å². The molecule has 0 aromatic carbocycles. The lowest BCUT2D eigenvalue weighted by molar-refractivity contribution is -0.152. The summed E-state index contributed by atoms with van der Waals surface area (Å²) in [5, 5.41) is 2.80. The Morgan fingerprint density at radius 3 is 2.37 bits per heavy atom. The summed E-state index contributed by atoms with van der Waals surface area (Å²) >= 11 is 0. The van der Waals surface area contributed by atoms with Crippen LogP contribution in [0.5, 0.6) is 0 Å². The maximum Gasteiger partial charge on any atom is 0.246 e. The number of carbonyl (C=O) groups excluding carboxylic acids is 2. The van der Waals surface area contributed by atoms with Gasteiger partial charge in [0.2, 0.25) is 11.8 Å². The highest BCUT2D eigenvalue weighted by Gasteiger charge is 2.42. The van der Waals surface area contributed by atoms with E-state index in [1.54, 1.807) is 12.0 Å². The molecule has 0 radical (unpaired) electrons. The zero-order valence-corrected chi connectivity index (χ0v) is 12.8. The average Bonchev–Trinajstić information content (AvgIpc) is 2.27. The number of nitrogens with one attached hydrogen (secondary N) is 1. The van der Waals surface area contributed by atoms with Crippen molar-refractivity contribution in [3.8, 4) is 0 Å². The fraction of sp³-hybridized carbons (Fsp3) is 0.857. The lowest BCUT2D eigenvalue weighted by Gasteiger charge is -2.43. The first-order valence-corrected chi connectivity index (χ1v) is 6.77. The van der Waals surface area contributed by atoms with E-state index >= 15 is 0 Å². The molecule has 1 saturated heterocycles. The molecular formula is C14H26N2O3. The van der Waals surface area contributed by atoms with Gasteiger partial charge in [0.25, 0.3) is 0 Å². The second-order valence-electron chi connectivity index (χ2n) is 6.60. The standard InChI is InChI=1S/C14H26N2O3/c1-9(2)10(8-19-6)16-7-11(17)15-12(13(16)18)14(3,4)5/h9-10,12H,7-8H2,1-6H3,(H,15,17). The summed E-state index contributed by atoms with van der Waals surface area (Å²) in [6, 6.07) is -0.528. The lowest BCUT2D eigenvalue weighted by Crippen LogP contribution is -2.65. The summed E-state index contributed by atoms with van der Waals surface area (Å²) in [4.78, 5) is 26.1. The van der Waals surface area contributed by atoms with Crippen molar-refractivity contribution in [1.29, 1.82) is 0 Å². The van der Waals surface area contributed by atoms with Gasteiger partial charge in [0.05, 0.1) is 19.2 Å². The van der Waals surface area contributed by atoms with E-state index in [4.69, 9.17) is 4.74 Å². The molecule has 1 rings (SSSR count). The second kappa shape index (κ2) is 5.90. The summed E-state index contributed by atoms with van der Waals surface area (Å²) in [6.07, 6.45) is 0. The molecule has 1 fully saturated rings. The molecule has 0 aromatic heterocycles. The normalized spacial score (nSPS) is 22.7. The first-order chi connectivity index (χ1) is 8.68. The molecule has 110 valence electrons. The van der Waals surface area contributed by atoms with E-state index in [0.29, 0.717) is 6.61 Å². The largest absolute Gasteiger partial charge is 0.383 e. The van der Waals surface area contributed by atoms with Gasteiger partial charge in [-0.05, 0) is 11.3 Å². The molecule has 5 heteroatoms. The van der Waals surface area contributed by atoms with Gasteiger partial charge in [-0.15, -0.1) is 0 Å². The molecule has 19 heavy (non-hydrogen) atoms. The lowest BCUT2D eigenvalue weighted by atomic mass is 9.84. The van der Waals surface area contributed by atoms with Crippen LogP contribution in [0.2, 0.25) is 0 Å². The van der Waals surface area contributed by atoms with Crippen LogP contribution in [0.25, 0.3) is 0 Å². The zero-order valence-electron chi connectivity index (χ0n) is 12.8. The number of methoxy groups -OCH3 is 1. The van der Waals surface area contributed by atoms with Gasteiger partial charge in [-0.25, -0.2) is 0 Å². The first-order valence-electron chi connectivity index (χ1n) is 6.77. The van der Waals surface area contributed by atoms with E-state index < -0.39 is 6.04 Å². The number of rotatable bonds is 4. The summed E-state index contributed by atoms with van der Waals surface area (Å²) < 4.78 is 5.20. The molecule has 0 aromatic rings. The van der Waals surface area contributed by atoms with E-state index in [1.165, 1.54) is 0 Å². The Morgan fingerprint density at radius 2 is 1.95 bits per heavy atom. The minimum Gasteiger partial charge on any atom is -0.383 e. The number of hydrogen-bond acceptors (Lipinski definition) is 3. The molecule has 1 aliphatic heterocycles. The summed E-state index contributed by atoms with van der Waals surface area (Å²) in [5.74, 6) is 0.138. The molecular weight excluding hydrogens is 244 g/mol. The predicted molar refractivity (Wildman–Crippen MR) is 73.6 cm³/mol. The molecule has 0 bridgehead atoms. The quantitative estimate of drug-likeness (QED) is 0.830. The SMILES string of the molecule is COCC(C(C)C)N1CC(=O)NC(C(C)(C)C)C1=O. The molecule has 5 nitrogen and oxygen atoms in total. The molecule has 2 amide bonds. The van der Waals surface area contributed by atoms with Crippen LogP contribution < -0.4 is 5.32 Å². The second-order valence-corrected chi connectivity index (χ2v) is 6.60. The Kier molecular flexibility index (Phi) is 4.96. The molecule has 0 aliphatic carbocycles. The van der Waals surface area contributed by atoms with Crippen molar-refractivity contribution < 1.29 is 14.3 Å². The third kappa shape index (κ3) is 3.69. The molecule has 1 N–H and O–H groups in total. The van der Waals surface area contributed by atoms with Gasteiger partial charge in [0, 0.05) is 7.11 Å². The van der Waals surface area contributed by atoms with Crippen molar-refractivity contribution >= 4 is 11.8 Å². The van der Waals surface area contributed by atoms with Gasteiger partial charge in [-0.1, -0.05) is 34.6 Å². The Hall–Kier alpha value is -1.10. The van der Waals surface area contributed by atoms with E-state index in [-0.39, 0.29) is 35.7 Å². The molecule has 0 saturated carbocycles. The molecule has 2 unspecified atom stereocenters. The number of amides is 2. The maximum atomic E-state index is 12.6. The monoisotopic (exact) mass is 270 g/mol.